The lowest BCUT2D eigenvalue weighted by Crippen LogP contribution is -2.48. The Morgan fingerprint density at radius 1 is 1.22 bits per heavy atom. The van der Waals surface area contributed by atoms with Crippen molar-refractivity contribution < 1.29 is 4.74 Å². The quantitative estimate of drug-likeness (QED) is 0.577. The molecule has 0 spiro atoms. The highest BCUT2D eigenvalue weighted by molar-refractivity contribution is 5.22. The Kier molecular flexibility index (Phi) is 6.33. The Labute approximate surface area is 111 Å². The van der Waals surface area contributed by atoms with Crippen LogP contribution in [0.1, 0.15) is 31.9 Å². The van der Waals surface area contributed by atoms with Crippen LogP contribution in [0.25, 0.3) is 0 Å². The summed E-state index contributed by atoms with van der Waals surface area (Å²) in [6.07, 6.45) is 1.03. The van der Waals surface area contributed by atoms with Crippen molar-refractivity contribution in [3.05, 3.63) is 35.4 Å². The van der Waals surface area contributed by atoms with Gasteiger partial charge in [0, 0.05) is 6.61 Å². The zero-order valence-corrected chi connectivity index (χ0v) is 11.9. The highest BCUT2D eigenvalue weighted by Gasteiger charge is 2.24. The van der Waals surface area contributed by atoms with E-state index < -0.39 is 0 Å². The number of benzene rings is 1. The SMILES string of the molecule is CCOC(C(C)C)C(Cc1ccc(C)cc1)NN. The van der Waals surface area contributed by atoms with Crippen molar-refractivity contribution >= 4 is 0 Å². The molecule has 0 aliphatic heterocycles. The maximum Gasteiger partial charge on any atom is 0.0767 e. The zero-order valence-electron chi connectivity index (χ0n) is 11.9. The van der Waals surface area contributed by atoms with Crippen LogP contribution in [-0.4, -0.2) is 18.8 Å². The van der Waals surface area contributed by atoms with E-state index in [-0.39, 0.29) is 12.1 Å². The number of hydrazine groups is 1. The van der Waals surface area contributed by atoms with Gasteiger partial charge in [0.15, 0.2) is 0 Å². The fraction of sp³-hybridized carbons (Fsp3) is 0.600. The van der Waals surface area contributed by atoms with Crippen molar-refractivity contribution in [1.29, 1.82) is 0 Å². The molecular formula is C15H26N2O. The average Bonchev–Trinajstić information content (AvgIpc) is 2.35. The van der Waals surface area contributed by atoms with E-state index in [1.54, 1.807) is 0 Å². The lowest BCUT2D eigenvalue weighted by Gasteiger charge is -2.29. The first-order valence-electron chi connectivity index (χ1n) is 6.71. The number of nitrogens with two attached hydrogens (primary N) is 1. The Hall–Kier alpha value is -0.900. The fourth-order valence-electron chi connectivity index (χ4n) is 2.21. The molecule has 3 heteroatoms. The van der Waals surface area contributed by atoms with Gasteiger partial charge in [-0.25, -0.2) is 0 Å². The molecule has 1 aromatic rings. The molecule has 0 aromatic heterocycles. The third-order valence-corrected chi connectivity index (χ3v) is 3.20. The molecule has 3 nitrogen and oxygen atoms in total. The van der Waals surface area contributed by atoms with Crippen LogP contribution in [0.3, 0.4) is 0 Å². The summed E-state index contributed by atoms with van der Waals surface area (Å²) in [5.41, 5.74) is 5.47. The number of rotatable bonds is 7. The van der Waals surface area contributed by atoms with Gasteiger partial charge in [0.05, 0.1) is 12.1 Å². The number of hydrogen-bond donors (Lipinski definition) is 2. The molecule has 0 amide bonds. The minimum Gasteiger partial charge on any atom is -0.377 e. The van der Waals surface area contributed by atoms with Crippen LogP contribution in [-0.2, 0) is 11.2 Å². The van der Waals surface area contributed by atoms with Crippen LogP contribution in [0, 0.1) is 12.8 Å². The van der Waals surface area contributed by atoms with Crippen molar-refractivity contribution in [3.63, 3.8) is 0 Å². The second-order valence-electron chi connectivity index (χ2n) is 5.13. The molecular weight excluding hydrogens is 224 g/mol. The first-order valence-corrected chi connectivity index (χ1v) is 6.71. The van der Waals surface area contributed by atoms with E-state index in [0.717, 1.165) is 13.0 Å². The third-order valence-electron chi connectivity index (χ3n) is 3.20. The van der Waals surface area contributed by atoms with Gasteiger partial charge in [-0.15, -0.1) is 0 Å². The van der Waals surface area contributed by atoms with Gasteiger partial charge in [-0.05, 0) is 31.7 Å². The van der Waals surface area contributed by atoms with Crippen LogP contribution in [0.15, 0.2) is 24.3 Å². The fourth-order valence-corrected chi connectivity index (χ4v) is 2.21. The predicted molar refractivity (Wildman–Crippen MR) is 76.2 cm³/mol. The lowest BCUT2D eigenvalue weighted by molar-refractivity contribution is 0.00355. The molecule has 0 radical (unpaired) electrons. The number of hydrogen-bond acceptors (Lipinski definition) is 3. The Balaban J connectivity index is 2.72. The summed E-state index contributed by atoms with van der Waals surface area (Å²) >= 11 is 0. The largest absolute Gasteiger partial charge is 0.377 e. The Morgan fingerprint density at radius 3 is 2.28 bits per heavy atom. The molecule has 1 rings (SSSR count). The molecule has 102 valence electrons. The summed E-state index contributed by atoms with van der Waals surface area (Å²) < 4.78 is 5.81. The lowest BCUT2D eigenvalue weighted by atomic mass is 9.94. The topological polar surface area (TPSA) is 47.3 Å². The molecule has 1 aromatic carbocycles. The van der Waals surface area contributed by atoms with Gasteiger partial charge in [-0.1, -0.05) is 43.7 Å². The highest BCUT2D eigenvalue weighted by Crippen LogP contribution is 2.15. The van der Waals surface area contributed by atoms with Crippen LogP contribution in [0.5, 0.6) is 0 Å². The van der Waals surface area contributed by atoms with E-state index >= 15 is 0 Å². The number of nitrogens with one attached hydrogen (secondary N) is 1. The third kappa shape index (κ3) is 4.41. The van der Waals surface area contributed by atoms with E-state index in [1.165, 1.54) is 11.1 Å². The maximum absolute atomic E-state index is 5.81. The van der Waals surface area contributed by atoms with Crippen molar-refractivity contribution in [1.82, 2.24) is 5.43 Å². The van der Waals surface area contributed by atoms with Crippen LogP contribution < -0.4 is 11.3 Å². The average molecular weight is 250 g/mol. The van der Waals surface area contributed by atoms with Gasteiger partial charge in [0.25, 0.3) is 0 Å². The standard InChI is InChI=1S/C15H26N2O/c1-5-18-15(11(2)3)14(17-16)10-13-8-6-12(4)7-9-13/h6-9,11,14-15,17H,5,10,16H2,1-4H3. The normalized spacial score (nSPS) is 14.8. The number of ether oxygens (including phenoxy) is 1. The monoisotopic (exact) mass is 250 g/mol. The molecule has 0 bridgehead atoms. The second-order valence-corrected chi connectivity index (χ2v) is 5.13. The minimum atomic E-state index is 0.140. The molecule has 0 heterocycles. The van der Waals surface area contributed by atoms with Gasteiger partial charge in [0.1, 0.15) is 0 Å². The van der Waals surface area contributed by atoms with E-state index in [9.17, 15) is 0 Å². The van der Waals surface area contributed by atoms with E-state index in [0.29, 0.717) is 5.92 Å². The first-order chi connectivity index (χ1) is 8.58. The summed E-state index contributed by atoms with van der Waals surface area (Å²) in [6, 6.07) is 8.72. The molecule has 3 N–H and O–H groups in total. The van der Waals surface area contributed by atoms with Gasteiger partial charge in [-0.2, -0.15) is 0 Å². The zero-order chi connectivity index (χ0) is 13.5. The first kappa shape index (κ1) is 15.2. The van der Waals surface area contributed by atoms with Gasteiger partial charge in [-0.3, -0.25) is 11.3 Å². The van der Waals surface area contributed by atoms with Gasteiger partial charge < -0.3 is 4.74 Å². The molecule has 18 heavy (non-hydrogen) atoms. The van der Waals surface area contributed by atoms with Crippen molar-refractivity contribution in [2.75, 3.05) is 6.61 Å². The van der Waals surface area contributed by atoms with E-state index in [1.807, 2.05) is 6.92 Å². The summed E-state index contributed by atoms with van der Waals surface area (Å²) in [5, 5.41) is 0. The summed E-state index contributed by atoms with van der Waals surface area (Å²) in [6.45, 7) is 9.17. The van der Waals surface area contributed by atoms with Crippen molar-refractivity contribution in [2.24, 2.45) is 11.8 Å². The van der Waals surface area contributed by atoms with Crippen molar-refractivity contribution in [2.45, 2.75) is 46.3 Å². The molecule has 0 aliphatic carbocycles. The highest BCUT2D eigenvalue weighted by atomic mass is 16.5. The van der Waals surface area contributed by atoms with E-state index in [2.05, 4.69) is 50.5 Å². The van der Waals surface area contributed by atoms with Crippen LogP contribution >= 0.6 is 0 Å². The van der Waals surface area contributed by atoms with Crippen molar-refractivity contribution in [3.8, 4) is 0 Å². The Morgan fingerprint density at radius 2 is 1.83 bits per heavy atom. The molecule has 2 unspecified atom stereocenters. The van der Waals surface area contributed by atoms with Gasteiger partial charge in [0.2, 0.25) is 0 Å². The molecule has 0 saturated heterocycles. The number of aryl methyl sites for hydroxylation is 1. The molecule has 0 saturated carbocycles. The summed E-state index contributed by atoms with van der Waals surface area (Å²) in [5.74, 6) is 6.13. The van der Waals surface area contributed by atoms with Crippen LogP contribution in [0.2, 0.25) is 0 Å². The van der Waals surface area contributed by atoms with Gasteiger partial charge >= 0.3 is 0 Å². The second kappa shape index (κ2) is 7.52. The smallest absolute Gasteiger partial charge is 0.0767 e. The Bertz CT molecular complexity index is 335. The maximum atomic E-state index is 5.81. The minimum absolute atomic E-state index is 0.140. The molecule has 0 fully saturated rings. The molecule has 0 aliphatic rings. The summed E-state index contributed by atoms with van der Waals surface area (Å²) in [4.78, 5) is 0. The predicted octanol–water partition coefficient (Wildman–Crippen LogP) is 2.43. The summed E-state index contributed by atoms with van der Waals surface area (Å²) in [7, 11) is 0. The van der Waals surface area contributed by atoms with E-state index in [4.69, 9.17) is 10.6 Å². The van der Waals surface area contributed by atoms with Crippen LogP contribution in [0.4, 0.5) is 0 Å². The molecule has 2 atom stereocenters.